The zero-order valence-corrected chi connectivity index (χ0v) is 9.35. The number of hydrogen-bond acceptors (Lipinski definition) is 5. The zero-order valence-electron chi connectivity index (χ0n) is 9.35. The zero-order chi connectivity index (χ0) is 10.7. The van der Waals surface area contributed by atoms with E-state index in [4.69, 9.17) is 0 Å². The summed E-state index contributed by atoms with van der Waals surface area (Å²) in [7, 11) is 3.95. The van der Waals surface area contributed by atoms with Gasteiger partial charge in [-0.3, -0.25) is 0 Å². The largest absolute Gasteiger partial charge is 0.307 e. The quantitative estimate of drug-likeness (QED) is 0.721. The fourth-order valence-corrected chi connectivity index (χ4v) is 1.84. The van der Waals surface area contributed by atoms with Crippen molar-refractivity contribution in [1.82, 2.24) is 30.4 Å². The number of aryl methyl sites for hydroxylation is 1. The standard InChI is InChI=1S/C9H18N6/c1-14-5-3-8(4-6-14)10-7-9-11-13-15(2)12-9/h8,10H,3-7H2,1-2H3. The van der Waals surface area contributed by atoms with Crippen LogP contribution in [0.4, 0.5) is 0 Å². The maximum absolute atomic E-state index is 4.13. The minimum atomic E-state index is 0.602. The van der Waals surface area contributed by atoms with Gasteiger partial charge in [0.15, 0.2) is 5.82 Å². The van der Waals surface area contributed by atoms with Crippen LogP contribution >= 0.6 is 0 Å². The second-order valence-electron chi connectivity index (χ2n) is 4.15. The van der Waals surface area contributed by atoms with E-state index >= 15 is 0 Å². The van der Waals surface area contributed by atoms with Crippen molar-refractivity contribution in [3.63, 3.8) is 0 Å². The predicted octanol–water partition coefficient (Wildman–Crippen LogP) is -0.606. The normalized spacial score (nSPS) is 19.6. The van der Waals surface area contributed by atoms with Gasteiger partial charge >= 0.3 is 0 Å². The highest BCUT2D eigenvalue weighted by atomic mass is 15.6. The number of tetrazole rings is 1. The van der Waals surface area contributed by atoms with Crippen molar-refractivity contribution in [2.45, 2.75) is 25.4 Å². The van der Waals surface area contributed by atoms with Crippen LogP contribution in [0.15, 0.2) is 0 Å². The van der Waals surface area contributed by atoms with Gasteiger partial charge in [0.2, 0.25) is 0 Å². The van der Waals surface area contributed by atoms with Crippen LogP contribution in [0.5, 0.6) is 0 Å². The molecular formula is C9H18N6. The highest BCUT2D eigenvalue weighted by molar-refractivity contribution is 4.80. The third kappa shape index (κ3) is 2.97. The van der Waals surface area contributed by atoms with E-state index in [2.05, 4.69) is 32.7 Å². The molecule has 0 radical (unpaired) electrons. The monoisotopic (exact) mass is 210 g/mol. The van der Waals surface area contributed by atoms with Gasteiger partial charge in [0.05, 0.1) is 13.6 Å². The molecule has 0 bridgehead atoms. The molecule has 2 heterocycles. The second-order valence-corrected chi connectivity index (χ2v) is 4.15. The predicted molar refractivity (Wildman–Crippen MR) is 56.2 cm³/mol. The van der Waals surface area contributed by atoms with Crippen molar-refractivity contribution in [3.8, 4) is 0 Å². The Morgan fingerprint density at radius 1 is 1.33 bits per heavy atom. The molecule has 0 unspecified atom stereocenters. The molecule has 2 rings (SSSR count). The van der Waals surface area contributed by atoms with Crippen LogP contribution in [0.2, 0.25) is 0 Å². The van der Waals surface area contributed by atoms with Crippen molar-refractivity contribution in [1.29, 1.82) is 0 Å². The fraction of sp³-hybridized carbons (Fsp3) is 0.889. The van der Waals surface area contributed by atoms with Crippen molar-refractivity contribution in [2.75, 3.05) is 20.1 Å². The van der Waals surface area contributed by atoms with Crippen LogP contribution in [0.1, 0.15) is 18.7 Å². The Bertz CT molecular complexity index is 301. The van der Waals surface area contributed by atoms with Gasteiger partial charge in [-0.1, -0.05) is 0 Å². The summed E-state index contributed by atoms with van der Waals surface area (Å²) in [5.41, 5.74) is 0. The molecule has 1 aromatic heterocycles. The molecule has 1 saturated heterocycles. The molecule has 84 valence electrons. The summed E-state index contributed by atoms with van der Waals surface area (Å²) in [4.78, 5) is 3.85. The summed E-state index contributed by atoms with van der Waals surface area (Å²) in [6.07, 6.45) is 2.41. The van der Waals surface area contributed by atoms with Crippen molar-refractivity contribution < 1.29 is 0 Å². The van der Waals surface area contributed by atoms with Gasteiger partial charge in [-0.05, 0) is 38.2 Å². The first-order chi connectivity index (χ1) is 7.24. The lowest BCUT2D eigenvalue weighted by Crippen LogP contribution is -2.40. The van der Waals surface area contributed by atoms with Crippen molar-refractivity contribution >= 4 is 0 Å². The van der Waals surface area contributed by atoms with Gasteiger partial charge in [-0.2, -0.15) is 4.80 Å². The van der Waals surface area contributed by atoms with Crippen molar-refractivity contribution in [2.24, 2.45) is 7.05 Å². The lowest BCUT2D eigenvalue weighted by Gasteiger charge is -2.29. The van der Waals surface area contributed by atoms with E-state index in [0.29, 0.717) is 6.04 Å². The van der Waals surface area contributed by atoms with Gasteiger partial charge in [0, 0.05) is 6.04 Å². The van der Waals surface area contributed by atoms with E-state index in [0.717, 1.165) is 12.4 Å². The third-order valence-electron chi connectivity index (χ3n) is 2.82. The molecule has 6 heteroatoms. The molecule has 1 aromatic rings. The first-order valence-electron chi connectivity index (χ1n) is 5.39. The number of rotatable bonds is 3. The number of piperidine rings is 1. The van der Waals surface area contributed by atoms with E-state index in [-0.39, 0.29) is 0 Å². The maximum atomic E-state index is 4.13. The average molecular weight is 210 g/mol. The van der Waals surface area contributed by atoms with Gasteiger partial charge in [-0.15, -0.1) is 10.2 Å². The van der Waals surface area contributed by atoms with Crippen molar-refractivity contribution in [3.05, 3.63) is 5.82 Å². The Labute approximate surface area is 89.6 Å². The van der Waals surface area contributed by atoms with E-state index < -0.39 is 0 Å². The van der Waals surface area contributed by atoms with Crippen LogP contribution in [0.25, 0.3) is 0 Å². The Hall–Kier alpha value is -1.01. The summed E-state index contributed by atoms with van der Waals surface area (Å²) in [5.74, 6) is 0.774. The molecule has 1 fully saturated rings. The van der Waals surface area contributed by atoms with Gasteiger partial charge in [0.1, 0.15) is 0 Å². The van der Waals surface area contributed by atoms with Crippen LogP contribution in [-0.4, -0.2) is 51.3 Å². The molecule has 1 aliphatic rings. The number of nitrogens with zero attached hydrogens (tertiary/aromatic N) is 5. The Balaban J connectivity index is 1.74. The first kappa shape index (κ1) is 10.5. The Morgan fingerprint density at radius 2 is 2.07 bits per heavy atom. The van der Waals surface area contributed by atoms with Gasteiger partial charge < -0.3 is 10.2 Å². The summed E-state index contributed by atoms with van der Waals surface area (Å²) in [5, 5.41) is 15.3. The van der Waals surface area contributed by atoms with E-state index in [9.17, 15) is 0 Å². The number of likely N-dealkylation sites (tertiary alicyclic amines) is 1. The number of hydrogen-bond donors (Lipinski definition) is 1. The Kier molecular flexibility index (Phi) is 3.27. The first-order valence-corrected chi connectivity index (χ1v) is 5.39. The Morgan fingerprint density at radius 3 is 2.67 bits per heavy atom. The number of aromatic nitrogens is 4. The average Bonchev–Trinajstić information content (AvgIpc) is 2.64. The van der Waals surface area contributed by atoms with Crippen LogP contribution in [0, 0.1) is 0 Å². The topological polar surface area (TPSA) is 58.9 Å². The highest BCUT2D eigenvalue weighted by Gasteiger charge is 2.16. The highest BCUT2D eigenvalue weighted by Crippen LogP contribution is 2.08. The minimum absolute atomic E-state index is 0.602. The number of nitrogens with one attached hydrogen (secondary N) is 1. The molecule has 0 aliphatic carbocycles. The molecule has 0 spiro atoms. The summed E-state index contributed by atoms with van der Waals surface area (Å²) in [6.45, 7) is 3.07. The minimum Gasteiger partial charge on any atom is -0.307 e. The van der Waals surface area contributed by atoms with Crippen LogP contribution in [0.3, 0.4) is 0 Å². The lowest BCUT2D eigenvalue weighted by molar-refractivity contribution is 0.233. The molecule has 0 aromatic carbocycles. The molecule has 1 aliphatic heterocycles. The molecule has 0 saturated carbocycles. The SMILES string of the molecule is CN1CCC(NCc2nnn(C)n2)CC1. The fourth-order valence-electron chi connectivity index (χ4n) is 1.84. The molecular weight excluding hydrogens is 192 g/mol. The van der Waals surface area contributed by atoms with Crippen LogP contribution < -0.4 is 5.32 Å². The van der Waals surface area contributed by atoms with E-state index in [1.807, 2.05) is 0 Å². The van der Waals surface area contributed by atoms with E-state index in [1.54, 1.807) is 7.05 Å². The summed E-state index contributed by atoms with van der Waals surface area (Å²) < 4.78 is 0. The molecule has 6 nitrogen and oxygen atoms in total. The summed E-state index contributed by atoms with van der Waals surface area (Å²) >= 11 is 0. The van der Waals surface area contributed by atoms with Gasteiger partial charge in [0.25, 0.3) is 0 Å². The van der Waals surface area contributed by atoms with Gasteiger partial charge in [-0.25, -0.2) is 0 Å². The molecule has 1 N–H and O–H groups in total. The molecule has 0 atom stereocenters. The summed E-state index contributed by atoms with van der Waals surface area (Å²) in [6, 6.07) is 0.602. The molecule has 0 amide bonds. The lowest BCUT2D eigenvalue weighted by atomic mass is 10.1. The van der Waals surface area contributed by atoms with E-state index in [1.165, 1.54) is 30.7 Å². The second kappa shape index (κ2) is 4.67. The van der Waals surface area contributed by atoms with Crippen LogP contribution in [-0.2, 0) is 13.6 Å². The molecule has 15 heavy (non-hydrogen) atoms. The third-order valence-corrected chi connectivity index (χ3v) is 2.82. The maximum Gasteiger partial charge on any atom is 0.188 e. The smallest absolute Gasteiger partial charge is 0.188 e.